The van der Waals surface area contributed by atoms with Gasteiger partial charge in [0.15, 0.2) is 5.65 Å². The molecule has 3 heterocycles. The van der Waals surface area contributed by atoms with Crippen LogP contribution in [0, 0.1) is 24.2 Å². The van der Waals surface area contributed by atoms with Crippen molar-refractivity contribution in [3.05, 3.63) is 41.5 Å². The zero-order chi connectivity index (χ0) is 21.1. The number of carbonyl (C=O) groups is 1. The van der Waals surface area contributed by atoms with E-state index in [1.54, 1.807) is 7.11 Å². The summed E-state index contributed by atoms with van der Waals surface area (Å²) in [5, 5.41) is 12.7. The van der Waals surface area contributed by atoms with Gasteiger partial charge in [-0.3, -0.25) is 9.20 Å². The molecular formula is C23H27N5O2. The third-order valence-electron chi connectivity index (χ3n) is 5.88. The van der Waals surface area contributed by atoms with Crippen molar-refractivity contribution in [3.8, 4) is 6.07 Å². The number of nitriles is 1. The molecule has 1 N–H and O–H groups in total. The summed E-state index contributed by atoms with van der Waals surface area (Å²) in [4.78, 5) is 19.5. The first-order valence-corrected chi connectivity index (χ1v) is 10.5. The second-order valence-corrected chi connectivity index (χ2v) is 7.83. The molecule has 0 radical (unpaired) electrons. The third kappa shape index (κ3) is 3.71. The molecule has 3 aromatic rings. The van der Waals surface area contributed by atoms with Crippen molar-refractivity contribution in [1.82, 2.24) is 14.7 Å². The van der Waals surface area contributed by atoms with Gasteiger partial charge in [0, 0.05) is 39.3 Å². The van der Waals surface area contributed by atoms with Crippen LogP contribution in [-0.2, 0) is 9.53 Å². The number of amides is 1. The zero-order valence-corrected chi connectivity index (χ0v) is 17.5. The molecule has 0 spiro atoms. The van der Waals surface area contributed by atoms with Crippen molar-refractivity contribution in [2.24, 2.45) is 5.92 Å². The highest BCUT2D eigenvalue weighted by atomic mass is 16.5. The number of rotatable bonds is 6. The highest BCUT2D eigenvalue weighted by Gasteiger charge is 2.27. The van der Waals surface area contributed by atoms with Gasteiger partial charge >= 0.3 is 0 Å². The number of aromatic nitrogens is 2. The van der Waals surface area contributed by atoms with E-state index in [4.69, 9.17) is 9.72 Å². The Hall–Kier alpha value is -3.11. The predicted octanol–water partition coefficient (Wildman–Crippen LogP) is 3.04. The van der Waals surface area contributed by atoms with Crippen LogP contribution in [0.3, 0.4) is 0 Å². The van der Waals surface area contributed by atoms with Crippen molar-refractivity contribution >= 4 is 28.4 Å². The Labute approximate surface area is 176 Å². The van der Waals surface area contributed by atoms with Gasteiger partial charge < -0.3 is 15.0 Å². The van der Waals surface area contributed by atoms with Crippen LogP contribution < -0.4 is 10.2 Å². The lowest BCUT2D eigenvalue weighted by atomic mass is 9.95. The molecule has 0 saturated carbocycles. The molecule has 1 aliphatic rings. The number of nitrogens with zero attached hydrogens (tertiary/aromatic N) is 4. The van der Waals surface area contributed by atoms with E-state index in [0.717, 1.165) is 54.8 Å². The van der Waals surface area contributed by atoms with Gasteiger partial charge in [-0.1, -0.05) is 12.1 Å². The summed E-state index contributed by atoms with van der Waals surface area (Å²) in [6.45, 7) is 4.86. The van der Waals surface area contributed by atoms with Crippen LogP contribution in [0.4, 0.5) is 5.82 Å². The number of benzene rings is 1. The van der Waals surface area contributed by atoms with E-state index in [1.165, 1.54) is 0 Å². The van der Waals surface area contributed by atoms with Gasteiger partial charge in [0.05, 0.1) is 16.6 Å². The number of ether oxygens (including phenoxy) is 1. The molecule has 0 unspecified atom stereocenters. The molecular weight excluding hydrogens is 378 g/mol. The monoisotopic (exact) mass is 405 g/mol. The van der Waals surface area contributed by atoms with Crippen LogP contribution >= 0.6 is 0 Å². The summed E-state index contributed by atoms with van der Waals surface area (Å²) >= 11 is 0. The Kier molecular flexibility index (Phi) is 5.86. The standard InChI is InChI=1S/C23H27N5O2/c1-16-14-21(27-11-8-17(9-12-27)23(29)25-10-5-13-30-2)28-20-7-4-3-6-19(20)26-22(28)18(16)15-24/h3-4,6-7,14,17H,5,8-13H2,1-2H3,(H,25,29). The van der Waals surface area contributed by atoms with Gasteiger partial charge in [-0.2, -0.15) is 5.26 Å². The van der Waals surface area contributed by atoms with E-state index in [2.05, 4.69) is 26.8 Å². The summed E-state index contributed by atoms with van der Waals surface area (Å²) < 4.78 is 7.12. The number of carbonyl (C=O) groups excluding carboxylic acids is 1. The van der Waals surface area contributed by atoms with Gasteiger partial charge in [-0.05, 0) is 49.9 Å². The molecule has 0 bridgehead atoms. The number of piperidine rings is 1. The average molecular weight is 406 g/mol. The lowest BCUT2D eigenvalue weighted by Gasteiger charge is -2.33. The van der Waals surface area contributed by atoms with E-state index < -0.39 is 0 Å². The highest BCUT2D eigenvalue weighted by Crippen LogP contribution is 2.31. The largest absolute Gasteiger partial charge is 0.385 e. The Morgan fingerprint density at radius 3 is 2.83 bits per heavy atom. The van der Waals surface area contributed by atoms with Gasteiger partial charge in [-0.25, -0.2) is 4.98 Å². The van der Waals surface area contributed by atoms with Crippen molar-refractivity contribution < 1.29 is 9.53 Å². The first-order valence-electron chi connectivity index (χ1n) is 10.5. The topological polar surface area (TPSA) is 82.7 Å². The van der Waals surface area contributed by atoms with Crippen LogP contribution in [0.5, 0.6) is 0 Å². The van der Waals surface area contributed by atoms with Crippen molar-refractivity contribution in [1.29, 1.82) is 5.26 Å². The molecule has 1 fully saturated rings. The van der Waals surface area contributed by atoms with Gasteiger partial charge in [0.1, 0.15) is 11.9 Å². The maximum atomic E-state index is 12.5. The normalized spacial score (nSPS) is 14.9. The molecule has 0 atom stereocenters. The van der Waals surface area contributed by atoms with E-state index in [-0.39, 0.29) is 11.8 Å². The van der Waals surface area contributed by atoms with Crippen LogP contribution in [0.25, 0.3) is 16.7 Å². The van der Waals surface area contributed by atoms with Crippen LogP contribution in [0.1, 0.15) is 30.4 Å². The summed E-state index contributed by atoms with van der Waals surface area (Å²) in [6, 6.07) is 12.4. The van der Waals surface area contributed by atoms with Crippen LogP contribution in [0.2, 0.25) is 0 Å². The summed E-state index contributed by atoms with van der Waals surface area (Å²) in [5.41, 5.74) is 4.11. The Balaban J connectivity index is 1.58. The van der Waals surface area contributed by atoms with Crippen LogP contribution in [0.15, 0.2) is 30.3 Å². The molecule has 4 rings (SSSR count). The first-order chi connectivity index (χ1) is 14.6. The lowest BCUT2D eigenvalue weighted by molar-refractivity contribution is -0.125. The average Bonchev–Trinajstić information content (AvgIpc) is 3.15. The number of nitrogens with one attached hydrogen (secondary N) is 1. The summed E-state index contributed by atoms with van der Waals surface area (Å²) in [7, 11) is 1.67. The second kappa shape index (κ2) is 8.72. The molecule has 1 aromatic carbocycles. The lowest BCUT2D eigenvalue weighted by Crippen LogP contribution is -2.41. The fraction of sp³-hybridized carbons (Fsp3) is 0.435. The minimum absolute atomic E-state index is 0.0401. The number of pyridine rings is 1. The van der Waals surface area contributed by atoms with Crippen molar-refractivity contribution in [2.45, 2.75) is 26.2 Å². The molecule has 7 nitrogen and oxygen atoms in total. The van der Waals surface area contributed by atoms with Gasteiger partial charge in [0.25, 0.3) is 0 Å². The maximum Gasteiger partial charge on any atom is 0.223 e. The SMILES string of the molecule is COCCCNC(=O)C1CCN(c2cc(C)c(C#N)c3nc4ccccc4n23)CC1. The second-order valence-electron chi connectivity index (χ2n) is 7.83. The van der Waals surface area contributed by atoms with E-state index >= 15 is 0 Å². The quantitative estimate of drug-likeness (QED) is 0.638. The molecule has 156 valence electrons. The van der Waals surface area contributed by atoms with Crippen molar-refractivity contribution in [3.63, 3.8) is 0 Å². The Morgan fingerprint density at radius 1 is 1.33 bits per heavy atom. The third-order valence-corrected chi connectivity index (χ3v) is 5.88. The summed E-state index contributed by atoms with van der Waals surface area (Å²) in [5.74, 6) is 1.22. The number of hydrogen-bond donors (Lipinski definition) is 1. The minimum atomic E-state index is 0.0401. The number of hydrogen-bond acceptors (Lipinski definition) is 5. The number of aryl methyl sites for hydroxylation is 1. The van der Waals surface area contributed by atoms with Gasteiger partial charge in [-0.15, -0.1) is 0 Å². The number of para-hydroxylation sites is 2. The fourth-order valence-corrected chi connectivity index (χ4v) is 4.25. The van der Waals surface area contributed by atoms with E-state index in [1.807, 2.05) is 31.2 Å². The smallest absolute Gasteiger partial charge is 0.223 e. The van der Waals surface area contributed by atoms with Crippen molar-refractivity contribution in [2.75, 3.05) is 38.3 Å². The molecule has 7 heteroatoms. The molecule has 1 amide bonds. The molecule has 2 aromatic heterocycles. The first kappa shape index (κ1) is 20.2. The van der Waals surface area contributed by atoms with Gasteiger partial charge in [0.2, 0.25) is 5.91 Å². The predicted molar refractivity (Wildman–Crippen MR) is 117 cm³/mol. The van der Waals surface area contributed by atoms with Crippen LogP contribution in [-0.4, -0.2) is 48.6 Å². The van der Waals surface area contributed by atoms with E-state index in [9.17, 15) is 10.1 Å². The zero-order valence-electron chi connectivity index (χ0n) is 17.5. The number of anilines is 1. The molecule has 1 aliphatic heterocycles. The molecule has 30 heavy (non-hydrogen) atoms. The fourth-order valence-electron chi connectivity index (χ4n) is 4.25. The molecule has 0 aliphatic carbocycles. The van der Waals surface area contributed by atoms with E-state index in [0.29, 0.717) is 24.4 Å². The minimum Gasteiger partial charge on any atom is -0.385 e. The summed E-state index contributed by atoms with van der Waals surface area (Å²) in [6.07, 6.45) is 2.45. The number of fused-ring (bicyclic) bond motifs is 3. The maximum absolute atomic E-state index is 12.5. The Morgan fingerprint density at radius 2 is 2.10 bits per heavy atom. The highest BCUT2D eigenvalue weighted by molar-refractivity contribution is 5.85. The Bertz CT molecular complexity index is 1110. The number of methoxy groups -OCH3 is 1. The molecule has 1 saturated heterocycles. The number of imidazole rings is 1.